The van der Waals surface area contributed by atoms with Crippen molar-refractivity contribution in [2.75, 3.05) is 0 Å². The van der Waals surface area contributed by atoms with E-state index in [2.05, 4.69) is 45.9 Å². The largest absolute Gasteiger partial charge is 0.198 e. The molecule has 0 amide bonds. The first-order valence-electron chi connectivity index (χ1n) is 5.57. The van der Waals surface area contributed by atoms with E-state index in [-0.39, 0.29) is 5.41 Å². The van der Waals surface area contributed by atoms with Gasteiger partial charge >= 0.3 is 0 Å². The third-order valence-corrected chi connectivity index (χ3v) is 2.48. The van der Waals surface area contributed by atoms with Crippen LogP contribution in [0.1, 0.15) is 53.9 Å². The lowest BCUT2D eigenvalue weighted by atomic mass is 9.83. The fourth-order valence-electron chi connectivity index (χ4n) is 1.31. The van der Waals surface area contributed by atoms with Gasteiger partial charge in [-0.1, -0.05) is 23.3 Å². The molecule has 0 fully saturated rings. The second kappa shape index (κ2) is 6.45. The van der Waals surface area contributed by atoms with Crippen molar-refractivity contribution in [1.29, 1.82) is 5.26 Å². The Hall–Kier alpha value is -1.03. The van der Waals surface area contributed by atoms with E-state index < -0.39 is 0 Å². The SMILES string of the molecule is CC(C)=CCCC(C)(C#N)CC=C(C)C. The highest BCUT2D eigenvalue weighted by Crippen LogP contribution is 2.28. The average molecular weight is 205 g/mol. The number of hydrogen-bond acceptors (Lipinski definition) is 1. The molecule has 0 saturated carbocycles. The molecule has 0 aliphatic rings. The minimum absolute atomic E-state index is 0.205. The molecule has 0 aromatic carbocycles. The van der Waals surface area contributed by atoms with Gasteiger partial charge in [0.1, 0.15) is 0 Å². The molecule has 1 heteroatoms. The highest BCUT2D eigenvalue weighted by molar-refractivity contribution is 5.05. The summed E-state index contributed by atoms with van der Waals surface area (Å²) in [7, 11) is 0. The first-order valence-corrected chi connectivity index (χ1v) is 5.57. The lowest BCUT2D eigenvalue weighted by Crippen LogP contribution is -2.12. The van der Waals surface area contributed by atoms with Gasteiger partial charge in [0.2, 0.25) is 0 Å². The van der Waals surface area contributed by atoms with Crippen LogP contribution in [0.25, 0.3) is 0 Å². The van der Waals surface area contributed by atoms with Crippen LogP contribution in [0.3, 0.4) is 0 Å². The van der Waals surface area contributed by atoms with Gasteiger partial charge in [0.05, 0.1) is 11.5 Å². The fraction of sp³-hybridized carbons (Fsp3) is 0.643. The van der Waals surface area contributed by atoms with Gasteiger partial charge in [-0.25, -0.2) is 0 Å². The molecule has 0 rings (SSSR count). The number of rotatable bonds is 5. The number of hydrogen-bond donors (Lipinski definition) is 0. The van der Waals surface area contributed by atoms with Crippen LogP contribution < -0.4 is 0 Å². The van der Waals surface area contributed by atoms with Crippen molar-refractivity contribution in [3.8, 4) is 6.07 Å². The molecule has 0 aromatic rings. The zero-order valence-electron chi connectivity index (χ0n) is 10.7. The van der Waals surface area contributed by atoms with Crippen molar-refractivity contribution in [3.63, 3.8) is 0 Å². The lowest BCUT2D eigenvalue weighted by molar-refractivity contribution is 0.413. The molecule has 1 unspecified atom stereocenters. The van der Waals surface area contributed by atoms with Gasteiger partial charge < -0.3 is 0 Å². The van der Waals surface area contributed by atoms with Crippen LogP contribution in [0.5, 0.6) is 0 Å². The molecular formula is C14H23N. The summed E-state index contributed by atoms with van der Waals surface area (Å²) in [5.41, 5.74) is 2.42. The number of allylic oxidation sites excluding steroid dienone is 4. The predicted octanol–water partition coefficient (Wildman–Crippen LogP) is 4.62. The maximum Gasteiger partial charge on any atom is 0.0690 e. The Kier molecular flexibility index (Phi) is 6.01. The Bertz CT molecular complexity index is 283. The molecule has 84 valence electrons. The summed E-state index contributed by atoms with van der Waals surface area (Å²) in [6.07, 6.45) is 7.17. The maximum absolute atomic E-state index is 9.16. The van der Waals surface area contributed by atoms with Crippen LogP contribution in [-0.4, -0.2) is 0 Å². The van der Waals surface area contributed by atoms with Crippen LogP contribution >= 0.6 is 0 Å². The van der Waals surface area contributed by atoms with Gasteiger partial charge in [0.15, 0.2) is 0 Å². The Balaban J connectivity index is 4.27. The van der Waals surface area contributed by atoms with E-state index in [9.17, 15) is 0 Å². The molecule has 0 spiro atoms. The monoisotopic (exact) mass is 205 g/mol. The van der Waals surface area contributed by atoms with E-state index in [1.165, 1.54) is 11.1 Å². The van der Waals surface area contributed by atoms with Crippen LogP contribution in [-0.2, 0) is 0 Å². The van der Waals surface area contributed by atoms with E-state index in [1.807, 2.05) is 6.92 Å². The number of nitriles is 1. The maximum atomic E-state index is 9.16. The Morgan fingerprint density at radius 1 is 1.13 bits per heavy atom. The topological polar surface area (TPSA) is 23.8 Å². The van der Waals surface area contributed by atoms with E-state index >= 15 is 0 Å². The standard InChI is InChI=1S/C14H23N/c1-12(2)7-6-9-14(5,11-15)10-8-13(3)4/h7-8H,6,9-10H2,1-5H3. The summed E-state index contributed by atoms with van der Waals surface area (Å²) in [5, 5.41) is 9.16. The molecular weight excluding hydrogens is 182 g/mol. The molecule has 0 N–H and O–H groups in total. The molecule has 0 aliphatic carbocycles. The van der Waals surface area contributed by atoms with Crippen molar-refractivity contribution in [3.05, 3.63) is 23.3 Å². The Labute approximate surface area is 94.5 Å². The minimum atomic E-state index is -0.205. The first-order chi connectivity index (χ1) is 6.89. The molecule has 0 aliphatic heterocycles. The minimum Gasteiger partial charge on any atom is -0.198 e. The molecule has 0 bridgehead atoms. The Morgan fingerprint density at radius 2 is 1.67 bits per heavy atom. The van der Waals surface area contributed by atoms with Crippen molar-refractivity contribution in [2.45, 2.75) is 53.9 Å². The Morgan fingerprint density at radius 3 is 2.07 bits per heavy atom. The van der Waals surface area contributed by atoms with Crippen molar-refractivity contribution >= 4 is 0 Å². The van der Waals surface area contributed by atoms with Gasteiger partial charge in [-0.15, -0.1) is 0 Å². The van der Waals surface area contributed by atoms with Gasteiger partial charge in [-0.2, -0.15) is 5.26 Å². The van der Waals surface area contributed by atoms with Crippen LogP contribution in [0, 0.1) is 16.7 Å². The molecule has 0 heterocycles. The van der Waals surface area contributed by atoms with Crippen LogP contribution in [0.15, 0.2) is 23.3 Å². The average Bonchev–Trinajstić information content (AvgIpc) is 2.14. The fourth-order valence-corrected chi connectivity index (χ4v) is 1.31. The summed E-state index contributed by atoms with van der Waals surface area (Å²) >= 11 is 0. The van der Waals surface area contributed by atoms with Crippen molar-refractivity contribution in [1.82, 2.24) is 0 Å². The summed E-state index contributed by atoms with van der Waals surface area (Å²) in [6.45, 7) is 10.4. The van der Waals surface area contributed by atoms with Crippen molar-refractivity contribution < 1.29 is 0 Å². The van der Waals surface area contributed by atoms with E-state index in [0.717, 1.165) is 19.3 Å². The van der Waals surface area contributed by atoms with Crippen LogP contribution in [0.2, 0.25) is 0 Å². The second-order valence-electron chi connectivity index (χ2n) is 4.98. The quantitative estimate of drug-likeness (QED) is 0.601. The van der Waals surface area contributed by atoms with E-state index in [4.69, 9.17) is 5.26 Å². The zero-order chi connectivity index (χ0) is 11.9. The van der Waals surface area contributed by atoms with Gasteiger partial charge in [-0.3, -0.25) is 0 Å². The van der Waals surface area contributed by atoms with E-state index in [0.29, 0.717) is 0 Å². The third kappa shape index (κ3) is 6.96. The zero-order valence-corrected chi connectivity index (χ0v) is 10.7. The molecule has 0 saturated heterocycles. The molecule has 1 atom stereocenters. The lowest BCUT2D eigenvalue weighted by Gasteiger charge is -2.18. The molecule has 1 nitrogen and oxygen atoms in total. The second-order valence-corrected chi connectivity index (χ2v) is 4.98. The van der Waals surface area contributed by atoms with Crippen LogP contribution in [0.4, 0.5) is 0 Å². The van der Waals surface area contributed by atoms with Gasteiger partial charge in [0, 0.05) is 0 Å². The number of nitrogens with zero attached hydrogens (tertiary/aromatic N) is 1. The molecule has 15 heavy (non-hydrogen) atoms. The van der Waals surface area contributed by atoms with Gasteiger partial charge in [0.25, 0.3) is 0 Å². The molecule has 0 aromatic heterocycles. The smallest absolute Gasteiger partial charge is 0.0690 e. The summed E-state index contributed by atoms with van der Waals surface area (Å²) in [5.74, 6) is 0. The predicted molar refractivity (Wildman–Crippen MR) is 66.4 cm³/mol. The normalized spacial score (nSPS) is 13.6. The summed E-state index contributed by atoms with van der Waals surface area (Å²) in [6, 6.07) is 2.43. The van der Waals surface area contributed by atoms with E-state index in [1.54, 1.807) is 0 Å². The van der Waals surface area contributed by atoms with Crippen molar-refractivity contribution in [2.24, 2.45) is 5.41 Å². The first kappa shape index (κ1) is 14.0. The summed E-state index contributed by atoms with van der Waals surface area (Å²) < 4.78 is 0. The summed E-state index contributed by atoms with van der Waals surface area (Å²) in [4.78, 5) is 0. The molecule has 0 radical (unpaired) electrons. The highest BCUT2D eigenvalue weighted by Gasteiger charge is 2.21. The highest BCUT2D eigenvalue weighted by atomic mass is 14.3. The third-order valence-electron chi connectivity index (χ3n) is 2.48. The van der Waals surface area contributed by atoms with Gasteiger partial charge in [-0.05, 0) is 53.9 Å².